The minimum absolute atomic E-state index is 0.0656. The zero-order valence-corrected chi connectivity index (χ0v) is 14.1. The van der Waals surface area contributed by atoms with Crippen LogP contribution in [0.1, 0.15) is 15.2 Å². The van der Waals surface area contributed by atoms with E-state index in [0.717, 1.165) is 9.77 Å². The van der Waals surface area contributed by atoms with E-state index in [1.165, 1.54) is 0 Å². The van der Waals surface area contributed by atoms with Crippen molar-refractivity contribution in [2.45, 2.75) is 11.4 Å². The number of nitrogens with zero attached hydrogens (tertiary/aromatic N) is 1. The zero-order valence-electron chi connectivity index (χ0n) is 11.7. The maximum Gasteiger partial charge on any atom is 0.256 e. The maximum absolute atomic E-state index is 12.7. The number of hydrogen-bond donors (Lipinski definition) is 0. The summed E-state index contributed by atoms with van der Waals surface area (Å²) in [4.78, 5) is 16.7. The van der Waals surface area contributed by atoms with E-state index in [4.69, 9.17) is 11.6 Å². The largest absolute Gasteiger partial charge is 0.330 e. The first-order chi connectivity index (χ1) is 10.2. The number of benzene rings is 1. The fraction of sp³-hybridized carbons (Fsp3) is 0.188. The molecular formula is C16H16ClNOS2. The number of hydrogen-bond acceptors (Lipinski definition) is 3. The third kappa shape index (κ3) is 4.13. The SMILES string of the molecule is C=CCN(Cc1cccs1)C(=O)c1cc(SC)ccc1Cl. The van der Waals surface area contributed by atoms with Gasteiger partial charge < -0.3 is 4.90 Å². The third-order valence-electron chi connectivity index (χ3n) is 2.97. The van der Waals surface area contributed by atoms with Gasteiger partial charge in [-0.05, 0) is 35.9 Å². The van der Waals surface area contributed by atoms with Gasteiger partial charge in [0.2, 0.25) is 0 Å². The van der Waals surface area contributed by atoms with Crippen molar-refractivity contribution in [2.24, 2.45) is 0 Å². The molecule has 0 fully saturated rings. The standard InChI is InChI=1S/C16H16ClNOS2/c1-3-8-18(11-13-5-4-9-21-13)16(19)14-10-12(20-2)6-7-15(14)17/h3-7,9-10H,1,8,11H2,2H3. The number of thiophene rings is 1. The van der Waals surface area contributed by atoms with Crippen molar-refractivity contribution in [3.05, 3.63) is 63.8 Å². The molecule has 1 aromatic carbocycles. The Morgan fingerprint density at radius 2 is 2.29 bits per heavy atom. The highest BCUT2D eigenvalue weighted by Crippen LogP contribution is 2.25. The van der Waals surface area contributed by atoms with Crippen LogP contribution in [0.25, 0.3) is 0 Å². The number of carbonyl (C=O) groups is 1. The molecule has 2 nitrogen and oxygen atoms in total. The van der Waals surface area contributed by atoms with E-state index in [9.17, 15) is 4.79 Å². The second-order valence-corrected chi connectivity index (χ2v) is 6.72. The van der Waals surface area contributed by atoms with Crippen LogP contribution >= 0.6 is 34.7 Å². The van der Waals surface area contributed by atoms with E-state index in [2.05, 4.69) is 6.58 Å². The van der Waals surface area contributed by atoms with E-state index < -0.39 is 0 Å². The highest BCUT2D eigenvalue weighted by molar-refractivity contribution is 7.98. The van der Waals surface area contributed by atoms with Gasteiger partial charge in [0.15, 0.2) is 0 Å². The summed E-state index contributed by atoms with van der Waals surface area (Å²) in [6, 6.07) is 9.55. The van der Waals surface area contributed by atoms with Gasteiger partial charge in [-0.2, -0.15) is 0 Å². The predicted octanol–water partition coefficient (Wildman–Crippen LogP) is 4.95. The number of thioether (sulfide) groups is 1. The number of rotatable bonds is 6. The molecule has 0 N–H and O–H groups in total. The van der Waals surface area contributed by atoms with Gasteiger partial charge in [0.1, 0.15) is 0 Å². The second kappa shape index (κ2) is 7.69. The minimum Gasteiger partial charge on any atom is -0.330 e. The van der Waals surface area contributed by atoms with Gasteiger partial charge >= 0.3 is 0 Å². The van der Waals surface area contributed by atoms with E-state index in [1.807, 2.05) is 35.9 Å². The second-order valence-electron chi connectivity index (χ2n) is 4.40. The number of amides is 1. The molecule has 1 amide bonds. The summed E-state index contributed by atoms with van der Waals surface area (Å²) in [5.74, 6) is -0.0656. The molecule has 0 radical (unpaired) electrons. The summed E-state index contributed by atoms with van der Waals surface area (Å²) in [5.41, 5.74) is 0.543. The topological polar surface area (TPSA) is 20.3 Å². The molecule has 0 atom stereocenters. The number of carbonyl (C=O) groups excluding carboxylic acids is 1. The van der Waals surface area contributed by atoms with Crippen LogP contribution < -0.4 is 0 Å². The summed E-state index contributed by atoms with van der Waals surface area (Å²) in [7, 11) is 0. The lowest BCUT2D eigenvalue weighted by Crippen LogP contribution is -2.30. The zero-order chi connectivity index (χ0) is 15.2. The van der Waals surface area contributed by atoms with Gasteiger partial charge in [-0.15, -0.1) is 29.7 Å². The first-order valence-electron chi connectivity index (χ1n) is 6.41. The summed E-state index contributed by atoms with van der Waals surface area (Å²) < 4.78 is 0. The van der Waals surface area contributed by atoms with Crippen molar-refractivity contribution in [1.29, 1.82) is 0 Å². The maximum atomic E-state index is 12.7. The van der Waals surface area contributed by atoms with E-state index in [0.29, 0.717) is 23.7 Å². The molecule has 1 heterocycles. The molecule has 2 aromatic rings. The Balaban J connectivity index is 2.27. The summed E-state index contributed by atoms with van der Waals surface area (Å²) >= 11 is 9.42. The van der Waals surface area contributed by atoms with Gasteiger partial charge in [0.25, 0.3) is 5.91 Å². The Morgan fingerprint density at radius 3 is 2.90 bits per heavy atom. The Bertz CT molecular complexity index is 625. The van der Waals surface area contributed by atoms with Gasteiger partial charge in [0, 0.05) is 16.3 Å². The molecule has 0 aliphatic rings. The molecule has 0 unspecified atom stereocenters. The molecule has 0 bridgehead atoms. The molecule has 1 aromatic heterocycles. The highest BCUT2D eigenvalue weighted by atomic mass is 35.5. The van der Waals surface area contributed by atoms with Crippen LogP contribution in [0, 0.1) is 0 Å². The smallest absolute Gasteiger partial charge is 0.256 e. The average Bonchev–Trinajstić information content (AvgIpc) is 3.00. The molecule has 21 heavy (non-hydrogen) atoms. The average molecular weight is 338 g/mol. The lowest BCUT2D eigenvalue weighted by molar-refractivity contribution is 0.0764. The fourth-order valence-corrected chi connectivity index (χ4v) is 3.29. The predicted molar refractivity (Wildman–Crippen MR) is 92.5 cm³/mol. The van der Waals surface area contributed by atoms with Crippen LogP contribution in [0.5, 0.6) is 0 Å². The highest BCUT2D eigenvalue weighted by Gasteiger charge is 2.18. The normalized spacial score (nSPS) is 10.4. The first-order valence-corrected chi connectivity index (χ1v) is 8.90. The molecule has 0 saturated heterocycles. The molecule has 0 aliphatic carbocycles. The summed E-state index contributed by atoms with van der Waals surface area (Å²) in [6.07, 6.45) is 3.71. The van der Waals surface area contributed by atoms with E-state index in [-0.39, 0.29) is 5.91 Å². The summed E-state index contributed by atoms with van der Waals surface area (Å²) in [5, 5.41) is 2.49. The Hall–Kier alpha value is -1.23. The van der Waals surface area contributed by atoms with E-state index in [1.54, 1.807) is 40.1 Å². The van der Waals surface area contributed by atoms with Crippen LogP contribution in [0.4, 0.5) is 0 Å². The summed E-state index contributed by atoms with van der Waals surface area (Å²) in [6.45, 7) is 4.80. The van der Waals surface area contributed by atoms with Crippen molar-refractivity contribution in [3.63, 3.8) is 0 Å². The van der Waals surface area contributed by atoms with Gasteiger partial charge in [-0.1, -0.05) is 23.7 Å². The third-order valence-corrected chi connectivity index (χ3v) is 4.88. The van der Waals surface area contributed by atoms with Crippen molar-refractivity contribution in [2.75, 3.05) is 12.8 Å². The van der Waals surface area contributed by atoms with Crippen molar-refractivity contribution in [1.82, 2.24) is 4.90 Å². The lowest BCUT2D eigenvalue weighted by atomic mass is 10.2. The van der Waals surface area contributed by atoms with Crippen LogP contribution in [0.3, 0.4) is 0 Å². The molecule has 0 spiro atoms. The lowest BCUT2D eigenvalue weighted by Gasteiger charge is -2.21. The molecule has 5 heteroatoms. The van der Waals surface area contributed by atoms with Gasteiger partial charge in [-0.3, -0.25) is 4.79 Å². The van der Waals surface area contributed by atoms with Crippen molar-refractivity contribution in [3.8, 4) is 0 Å². The first kappa shape index (κ1) is 16.1. The van der Waals surface area contributed by atoms with Crippen LogP contribution in [0.15, 0.2) is 53.3 Å². The number of halogens is 1. The monoisotopic (exact) mass is 337 g/mol. The quantitative estimate of drug-likeness (QED) is 0.549. The van der Waals surface area contributed by atoms with Gasteiger partial charge in [0.05, 0.1) is 17.1 Å². The van der Waals surface area contributed by atoms with Crippen molar-refractivity contribution >= 4 is 40.6 Å². The van der Waals surface area contributed by atoms with Gasteiger partial charge in [-0.25, -0.2) is 0 Å². The Morgan fingerprint density at radius 1 is 1.48 bits per heavy atom. The van der Waals surface area contributed by atoms with E-state index >= 15 is 0 Å². The molecule has 110 valence electrons. The van der Waals surface area contributed by atoms with Crippen LogP contribution in [-0.2, 0) is 6.54 Å². The minimum atomic E-state index is -0.0656. The molecule has 2 rings (SSSR count). The van der Waals surface area contributed by atoms with Crippen LogP contribution in [-0.4, -0.2) is 23.6 Å². The molecule has 0 aliphatic heterocycles. The molecular weight excluding hydrogens is 322 g/mol. The fourth-order valence-electron chi connectivity index (χ4n) is 1.93. The van der Waals surface area contributed by atoms with Crippen molar-refractivity contribution < 1.29 is 4.79 Å². The van der Waals surface area contributed by atoms with Crippen LogP contribution in [0.2, 0.25) is 5.02 Å². The Kier molecular flexibility index (Phi) is 5.91. The molecule has 0 saturated carbocycles. The Labute approximate surface area is 138 Å².